The minimum atomic E-state index is -0.0255. The Morgan fingerprint density at radius 1 is 1.25 bits per heavy atom. The summed E-state index contributed by atoms with van der Waals surface area (Å²) < 4.78 is 10.5. The highest BCUT2D eigenvalue weighted by Gasteiger charge is 2.16. The number of methoxy groups -OCH3 is 2. The Hall–Kier alpha value is -1.75. The van der Waals surface area contributed by atoms with E-state index in [0.29, 0.717) is 23.6 Å². The second-order valence-electron chi connectivity index (χ2n) is 6.61. The molecule has 2 N–H and O–H groups in total. The molecule has 1 amide bonds. The van der Waals surface area contributed by atoms with E-state index in [4.69, 9.17) is 9.47 Å². The van der Waals surface area contributed by atoms with Gasteiger partial charge in [0.2, 0.25) is 5.91 Å². The van der Waals surface area contributed by atoms with Gasteiger partial charge in [0, 0.05) is 18.5 Å². The maximum atomic E-state index is 12.3. The van der Waals surface area contributed by atoms with E-state index in [1.54, 1.807) is 26.4 Å². The first kappa shape index (κ1) is 18.6. The molecule has 0 heterocycles. The maximum absolute atomic E-state index is 12.3. The fourth-order valence-corrected chi connectivity index (χ4v) is 3.30. The predicted molar refractivity (Wildman–Crippen MR) is 96.8 cm³/mol. The zero-order chi connectivity index (χ0) is 17.4. The molecule has 24 heavy (non-hydrogen) atoms. The van der Waals surface area contributed by atoms with Gasteiger partial charge in [0.25, 0.3) is 0 Å². The molecule has 5 heteroatoms. The highest BCUT2D eigenvalue weighted by Crippen LogP contribution is 2.29. The lowest BCUT2D eigenvalue weighted by Crippen LogP contribution is -2.32. The first-order chi connectivity index (χ1) is 11.6. The Morgan fingerprint density at radius 3 is 2.67 bits per heavy atom. The van der Waals surface area contributed by atoms with Crippen LogP contribution in [0.4, 0.5) is 5.69 Å². The lowest BCUT2D eigenvalue weighted by molar-refractivity contribution is -0.116. The Bertz CT molecular complexity index is 527. The second-order valence-corrected chi connectivity index (χ2v) is 6.61. The predicted octanol–water partition coefficient (Wildman–Crippen LogP) is 3.59. The molecule has 134 valence electrons. The number of amides is 1. The Morgan fingerprint density at radius 2 is 2.00 bits per heavy atom. The van der Waals surface area contributed by atoms with Crippen molar-refractivity contribution in [3.05, 3.63) is 18.2 Å². The molecule has 1 saturated carbocycles. The lowest BCUT2D eigenvalue weighted by Gasteiger charge is -2.16. The van der Waals surface area contributed by atoms with Crippen LogP contribution in [0.3, 0.4) is 0 Å². The molecule has 0 aliphatic heterocycles. The molecular weight excluding hydrogens is 304 g/mol. The smallest absolute Gasteiger partial charge is 0.226 e. The van der Waals surface area contributed by atoms with Gasteiger partial charge >= 0.3 is 0 Å². The standard InChI is InChI=1S/C19H30N2O3/c1-14(20-11-10-15-6-4-5-7-15)12-19(22)21-17-13-16(23-2)8-9-18(17)24-3/h8-9,13-15,20H,4-7,10-12H2,1-3H3,(H,21,22). The van der Waals surface area contributed by atoms with Crippen molar-refractivity contribution in [2.75, 3.05) is 26.1 Å². The van der Waals surface area contributed by atoms with Crippen molar-refractivity contribution in [3.8, 4) is 11.5 Å². The van der Waals surface area contributed by atoms with Crippen molar-refractivity contribution in [3.63, 3.8) is 0 Å². The van der Waals surface area contributed by atoms with Gasteiger partial charge in [-0.25, -0.2) is 0 Å². The van der Waals surface area contributed by atoms with Crippen LogP contribution < -0.4 is 20.1 Å². The summed E-state index contributed by atoms with van der Waals surface area (Å²) in [5.74, 6) is 2.17. The minimum absolute atomic E-state index is 0.0255. The van der Waals surface area contributed by atoms with Gasteiger partial charge in [0.15, 0.2) is 0 Å². The Balaban J connectivity index is 1.77. The molecule has 1 aliphatic rings. The third-order valence-electron chi connectivity index (χ3n) is 4.69. The van der Waals surface area contributed by atoms with E-state index in [2.05, 4.69) is 17.6 Å². The molecule has 0 bridgehead atoms. The molecule has 0 radical (unpaired) electrons. The van der Waals surface area contributed by atoms with Crippen LogP contribution in [0.25, 0.3) is 0 Å². The molecule has 1 aromatic carbocycles. The summed E-state index contributed by atoms with van der Waals surface area (Å²) in [5.41, 5.74) is 0.639. The summed E-state index contributed by atoms with van der Waals surface area (Å²) >= 11 is 0. The van der Waals surface area contributed by atoms with E-state index in [9.17, 15) is 4.79 Å². The number of carbonyl (C=O) groups is 1. The van der Waals surface area contributed by atoms with Crippen LogP contribution in [0.15, 0.2) is 18.2 Å². The molecule has 1 aromatic rings. The molecule has 0 saturated heterocycles. The minimum Gasteiger partial charge on any atom is -0.497 e. The molecule has 0 spiro atoms. The third kappa shape index (κ3) is 5.71. The number of hydrogen-bond acceptors (Lipinski definition) is 4. The van der Waals surface area contributed by atoms with E-state index < -0.39 is 0 Å². The van der Waals surface area contributed by atoms with Crippen LogP contribution in [0.2, 0.25) is 0 Å². The zero-order valence-electron chi connectivity index (χ0n) is 15.1. The largest absolute Gasteiger partial charge is 0.497 e. The lowest BCUT2D eigenvalue weighted by atomic mass is 10.0. The van der Waals surface area contributed by atoms with Gasteiger partial charge in [-0.15, -0.1) is 0 Å². The normalized spacial score (nSPS) is 16.0. The molecule has 1 fully saturated rings. The van der Waals surface area contributed by atoms with E-state index >= 15 is 0 Å². The SMILES string of the molecule is COc1ccc(OC)c(NC(=O)CC(C)NCCC2CCCC2)c1. The molecule has 0 aromatic heterocycles. The molecule has 1 atom stereocenters. The Labute approximate surface area is 145 Å². The van der Waals surface area contributed by atoms with E-state index in [-0.39, 0.29) is 11.9 Å². The molecule has 2 rings (SSSR count). The summed E-state index contributed by atoms with van der Waals surface area (Å²) in [5, 5.41) is 6.38. The van der Waals surface area contributed by atoms with Gasteiger partial charge < -0.3 is 20.1 Å². The summed E-state index contributed by atoms with van der Waals surface area (Å²) in [7, 11) is 3.19. The van der Waals surface area contributed by atoms with Gasteiger partial charge in [-0.05, 0) is 37.9 Å². The van der Waals surface area contributed by atoms with Crippen molar-refractivity contribution in [2.45, 2.75) is 51.5 Å². The topological polar surface area (TPSA) is 59.6 Å². The monoisotopic (exact) mass is 334 g/mol. The number of nitrogens with one attached hydrogen (secondary N) is 2. The number of ether oxygens (including phenoxy) is 2. The number of rotatable bonds is 9. The average molecular weight is 334 g/mol. The molecular formula is C19H30N2O3. The molecule has 1 unspecified atom stereocenters. The fourth-order valence-electron chi connectivity index (χ4n) is 3.30. The molecule has 5 nitrogen and oxygen atoms in total. The average Bonchev–Trinajstić information content (AvgIpc) is 3.08. The number of hydrogen-bond donors (Lipinski definition) is 2. The summed E-state index contributed by atoms with van der Waals surface area (Å²) in [6.45, 7) is 3.04. The van der Waals surface area contributed by atoms with Crippen molar-refractivity contribution < 1.29 is 14.3 Å². The van der Waals surface area contributed by atoms with E-state index in [1.165, 1.54) is 32.1 Å². The summed E-state index contributed by atoms with van der Waals surface area (Å²) in [6.07, 6.45) is 7.15. The summed E-state index contributed by atoms with van der Waals surface area (Å²) in [4.78, 5) is 12.3. The van der Waals surface area contributed by atoms with Gasteiger partial charge in [-0.3, -0.25) is 4.79 Å². The highest BCUT2D eigenvalue weighted by atomic mass is 16.5. The van der Waals surface area contributed by atoms with E-state index in [1.807, 2.05) is 6.07 Å². The summed E-state index contributed by atoms with van der Waals surface area (Å²) in [6, 6.07) is 5.52. The van der Waals surface area contributed by atoms with Crippen molar-refractivity contribution in [1.82, 2.24) is 5.32 Å². The van der Waals surface area contributed by atoms with Crippen LogP contribution in [0.5, 0.6) is 11.5 Å². The van der Waals surface area contributed by atoms with Crippen molar-refractivity contribution in [1.29, 1.82) is 0 Å². The first-order valence-corrected chi connectivity index (χ1v) is 8.87. The number of carbonyl (C=O) groups excluding carboxylic acids is 1. The van der Waals surface area contributed by atoms with Crippen LogP contribution in [0, 0.1) is 5.92 Å². The quantitative estimate of drug-likeness (QED) is 0.724. The van der Waals surface area contributed by atoms with E-state index in [0.717, 1.165) is 12.5 Å². The van der Waals surface area contributed by atoms with Crippen LogP contribution in [0.1, 0.15) is 45.4 Å². The third-order valence-corrected chi connectivity index (χ3v) is 4.69. The van der Waals surface area contributed by atoms with Crippen molar-refractivity contribution >= 4 is 11.6 Å². The Kier molecular flexibility index (Phi) is 7.37. The highest BCUT2D eigenvalue weighted by molar-refractivity contribution is 5.92. The van der Waals surface area contributed by atoms with Crippen molar-refractivity contribution in [2.24, 2.45) is 5.92 Å². The van der Waals surface area contributed by atoms with Crippen LogP contribution >= 0.6 is 0 Å². The number of anilines is 1. The number of benzene rings is 1. The van der Waals surface area contributed by atoms with Gasteiger partial charge in [0.05, 0.1) is 19.9 Å². The second kappa shape index (κ2) is 9.52. The van der Waals surface area contributed by atoms with Crippen LogP contribution in [-0.2, 0) is 4.79 Å². The van der Waals surface area contributed by atoms with Crippen LogP contribution in [-0.4, -0.2) is 32.7 Å². The first-order valence-electron chi connectivity index (χ1n) is 8.87. The van der Waals surface area contributed by atoms with Gasteiger partial charge in [0.1, 0.15) is 11.5 Å². The zero-order valence-corrected chi connectivity index (χ0v) is 15.1. The van der Waals surface area contributed by atoms with Gasteiger partial charge in [-0.1, -0.05) is 25.7 Å². The fraction of sp³-hybridized carbons (Fsp3) is 0.632. The van der Waals surface area contributed by atoms with Gasteiger partial charge in [-0.2, -0.15) is 0 Å². The maximum Gasteiger partial charge on any atom is 0.226 e. The molecule has 1 aliphatic carbocycles.